The van der Waals surface area contributed by atoms with Crippen LogP contribution in [-0.2, 0) is 0 Å². The third-order valence-electron chi connectivity index (χ3n) is 5.23. The molecule has 3 heterocycles. The molecule has 1 saturated carbocycles. The van der Waals surface area contributed by atoms with Crippen LogP contribution in [0.1, 0.15) is 44.6 Å². The van der Waals surface area contributed by atoms with Crippen LogP contribution in [0.4, 0.5) is 5.13 Å². The first-order valence-corrected chi connectivity index (χ1v) is 9.68. The maximum atomic E-state index is 4.49. The molecule has 6 heteroatoms. The van der Waals surface area contributed by atoms with Gasteiger partial charge in [0.05, 0.1) is 6.04 Å². The smallest absolute Gasteiger partial charge is 0.185 e. The minimum Gasteiger partial charge on any atom is -0.348 e. The van der Waals surface area contributed by atoms with E-state index in [0.717, 1.165) is 13.1 Å². The molecule has 2 aromatic rings. The van der Waals surface area contributed by atoms with E-state index in [1.807, 2.05) is 18.5 Å². The van der Waals surface area contributed by atoms with Gasteiger partial charge < -0.3 is 10.2 Å². The third kappa shape index (κ3) is 3.43. The highest BCUT2D eigenvalue weighted by atomic mass is 32.1. The normalized spacial score (nSPS) is 26.5. The van der Waals surface area contributed by atoms with Gasteiger partial charge in [-0.05, 0) is 31.7 Å². The first kappa shape index (κ1) is 15.1. The summed E-state index contributed by atoms with van der Waals surface area (Å²) >= 11 is 1.75. The van der Waals surface area contributed by atoms with Crippen LogP contribution >= 0.6 is 11.3 Å². The average Bonchev–Trinajstić information content (AvgIpc) is 3.30. The molecule has 2 aliphatic rings. The molecule has 0 aromatic carbocycles. The topological polar surface area (TPSA) is 46.0 Å². The summed E-state index contributed by atoms with van der Waals surface area (Å²) in [6, 6.07) is 3.77. The summed E-state index contributed by atoms with van der Waals surface area (Å²) < 4.78 is 2.17. The van der Waals surface area contributed by atoms with Crippen LogP contribution in [0.25, 0.3) is 0 Å². The number of rotatable bonds is 4. The van der Waals surface area contributed by atoms with Crippen LogP contribution in [0.5, 0.6) is 0 Å². The van der Waals surface area contributed by atoms with Gasteiger partial charge in [0.1, 0.15) is 0 Å². The number of hydrogen-bond donors (Lipinski definition) is 1. The lowest BCUT2D eigenvalue weighted by atomic mass is 9.89. The van der Waals surface area contributed by atoms with Crippen molar-refractivity contribution in [2.24, 2.45) is 0 Å². The Morgan fingerprint density at radius 2 is 1.96 bits per heavy atom. The van der Waals surface area contributed by atoms with Crippen LogP contribution in [0, 0.1) is 0 Å². The average molecular weight is 331 g/mol. The standard InChI is InChI=1S/C17H25N5S/c1-2-5-16(22-10-3-8-19-22)15(4-1)20-14-6-11-21(12-7-14)17-18-9-13-23-17/h3,8-10,13-16,20H,1-2,4-7,11-12H2. The lowest BCUT2D eigenvalue weighted by Gasteiger charge is -2.38. The second-order valence-corrected chi connectivity index (χ2v) is 7.56. The molecule has 0 spiro atoms. The third-order valence-corrected chi connectivity index (χ3v) is 6.06. The van der Waals surface area contributed by atoms with E-state index >= 15 is 0 Å². The quantitative estimate of drug-likeness (QED) is 0.935. The van der Waals surface area contributed by atoms with E-state index in [0.29, 0.717) is 18.1 Å². The molecule has 2 aromatic heterocycles. The van der Waals surface area contributed by atoms with Crippen molar-refractivity contribution in [3.8, 4) is 0 Å². The Kier molecular flexibility index (Phi) is 4.62. The number of thiazole rings is 1. The Balaban J connectivity index is 1.34. The molecule has 1 aliphatic carbocycles. The molecule has 5 nitrogen and oxygen atoms in total. The lowest BCUT2D eigenvalue weighted by Crippen LogP contribution is -2.49. The van der Waals surface area contributed by atoms with Gasteiger partial charge in [0.2, 0.25) is 0 Å². The zero-order valence-electron chi connectivity index (χ0n) is 13.5. The zero-order chi connectivity index (χ0) is 15.5. The van der Waals surface area contributed by atoms with E-state index in [1.165, 1.54) is 43.7 Å². The van der Waals surface area contributed by atoms with Crippen molar-refractivity contribution in [3.05, 3.63) is 30.0 Å². The van der Waals surface area contributed by atoms with Crippen LogP contribution in [0.15, 0.2) is 30.0 Å². The fraction of sp³-hybridized carbons (Fsp3) is 0.647. The maximum absolute atomic E-state index is 4.49. The van der Waals surface area contributed by atoms with Crippen molar-refractivity contribution < 1.29 is 0 Å². The Morgan fingerprint density at radius 3 is 2.70 bits per heavy atom. The SMILES string of the molecule is c1cnn(C2CCCCC2NC2CCN(c3nccs3)CC2)c1. The summed E-state index contributed by atoms with van der Waals surface area (Å²) in [6.45, 7) is 2.23. The fourth-order valence-corrected chi connectivity index (χ4v) is 4.71. The van der Waals surface area contributed by atoms with Gasteiger partial charge in [-0.15, -0.1) is 11.3 Å². The molecular formula is C17H25N5S. The molecule has 1 N–H and O–H groups in total. The summed E-state index contributed by atoms with van der Waals surface area (Å²) in [4.78, 5) is 6.86. The first-order valence-electron chi connectivity index (χ1n) is 8.80. The summed E-state index contributed by atoms with van der Waals surface area (Å²) in [5, 5.41) is 11.7. The minimum atomic E-state index is 0.524. The van der Waals surface area contributed by atoms with E-state index in [9.17, 15) is 0 Å². The Morgan fingerprint density at radius 1 is 1.09 bits per heavy atom. The summed E-state index contributed by atoms with van der Waals surface area (Å²) in [6.07, 6.45) is 13.5. The van der Waals surface area contributed by atoms with Gasteiger partial charge in [0.15, 0.2) is 5.13 Å². The number of aromatic nitrogens is 3. The van der Waals surface area contributed by atoms with Crippen molar-refractivity contribution in [2.45, 2.75) is 56.7 Å². The second-order valence-electron chi connectivity index (χ2n) is 6.69. The molecule has 0 bridgehead atoms. The predicted molar refractivity (Wildman–Crippen MR) is 94.0 cm³/mol. The molecule has 2 atom stereocenters. The highest BCUT2D eigenvalue weighted by molar-refractivity contribution is 7.13. The van der Waals surface area contributed by atoms with E-state index in [-0.39, 0.29) is 0 Å². The number of nitrogens with zero attached hydrogens (tertiary/aromatic N) is 4. The highest BCUT2D eigenvalue weighted by Gasteiger charge is 2.30. The predicted octanol–water partition coefficient (Wildman–Crippen LogP) is 3.08. The monoisotopic (exact) mass is 331 g/mol. The molecule has 0 radical (unpaired) electrons. The molecule has 2 unspecified atom stereocenters. The zero-order valence-corrected chi connectivity index (χ0v) is 14.3. The summed E-state index contributed by atoms with van der Waals surface area (Å²) in [5.41, 5.74) is 0. The van der Waals surface area contributed by atoms with Gasteiger partial charge in [-0.1, -0.05) is 12.8 Å². The maximum Gasteiger partial charge on any atom is 0.185 e. The first-order chi connectivity index (χ1) is 11.4. The van der Waals surface area contributed by atoms with Gasteiger partial charge in [-0.25, -0.2) is 4.98 Å². The van der Waals surface area contributed by atoms with E-state index in [1.54, 1.807) is 11.3 Å². The van der Waals surface area contributed by atoms with Gasteiger partial charge >= 0.3 is 0 Å². The summed E-state index contributed by atoms with van der Waals surface area (Å²) in [5.74, 6) is 0. The number of piperidine rings is 1. The van der Waals surface area contributed by atoms with E-state index in [4.69, 9.17) is 0 Å². The van der Waals surface area contributed by atoms with Crippen molar-refractivity contribution >= 4 is 16.5 Å². The lowest BCUT2D eigenvalue weighted by molar-refractivity contribution is 0.219. The molecule has 23 heavy (non-hydrogen) atoms. The van der Waals surface area contributed by atoms with Crippen LogP contribution in [0.3, 0.4) is 0 Å². The molecule has 124 valence electrons. The van der Waals surface area contributed by atoms with Crippen molar-refractivity contribution in [1.82, 2.24) is 20.1 Å². The molecule has 1 aliphatic heterocycles. The van der Waals surface area contributed by atoms with E-state index in [2.05, 4.69) is 36.6 Å². The van der Waals surface area contributed by atoms with Gasteiger partial charge in [0, 0.05) is 49.1 Å². The van der Waals surface area contributed by atoms with Gasteiger partial charge in [0.25, 0.3) is 0 Å². The Hall–Kier alpha value is -1.40. The van der Waals surface area contributed by atoms with Crippen LogP contribution < -0.4 is 10.2 Å². The van der Waals surface area contributed by atoms with E-state index < -0.39 is 0 Å². The van der Waals surface area contributed by atoms with Crippen molar-refractivity contribution in [2.75, 3.05) is 18.0 Å². The minimum absolute atomic E-state index is 0.524. The van der Waals surface area contributed by atoms with Crippen molar-refractivity contribution in [1.29, 1.82) is 0 Å². The molecule has 2 fully saturated rings. The number of nitrogens with one attached hydrogen (secondary N) is 1. The fourth-order valence-electron chi connectivity index (χ4n) is 4.01. The Labute approximate surface area is 141 Å². The largest absolute Gasteiger partial charge is 0.348 e. The highest BCUT2D eigenvalue weighted by Crippen LogP contribution is 2.30. The molecule has 4 rings (SSSR count). The number of hydrogen-bond acceptors (Lipinski definition) is 5. The molecular weight excluding hydrogens is 306 g/mol. The van der Waals surface area contributed by atoms with Gasteiger partial charge in [-0.2, -0.15) is 5.10 Å². The van der Waals surface area contributed by atoms with Crippen LogP contribution in [-0.4, -0.2) is 39.9 Å². The van der Waals surface area contributed by atoms with Crippen molar-refractivity contribution in [3.63, 3.8) is 0 Å². The molecule has 1 saturated heterocycles. The van der Waals surface area contributed by atoms with Crippen LogP contribution in [0.2, 0.25) is 0 Å². The summed E-state index contributed by atoms with van der Waals surface area (Å²) in [7, 11) is 0. The second kappa shape index (κ2) is 7.01. The molecule has 0 amide bonds. The number of anilines is 1. The Bertz CT molecular complexity index is 574. The van der Waals surface area contributed by atoms with Gasteiger partial charge in [-0.3, -0.25) is 4.68 Å².